The molecule has 1 radical (unpaired) electrons. The zero-order valence-corrected chi connectivity index (χ0v) is 6.63. The summed E-state index contributed by atoms with van der Waals surface area (Å²) in [5.74, 6) is 0.836. The molecule has 1 rings (SSSR count). The summed E-state index contributed by atoms with van der Waals surface area (Å²) >= 11 is 0. The summed E-state index contributed by atoms with van der Waals surface area (Å²) in [5, 5.41) is 4.08. The van der Waals surface area contributed by atoms with Crippen LogP contribution >= 0.6 is 0 Å². The molecule has 0 unspecified atom stereocenters. The van der Waals surface area contributed by atoms with Gasteiger partial charge in [0.2, 0.25) is 0 Å². The van der Waals surface area contributed by atoms with Crippen LogP contribution in [0.15, 0.2) is 6.33 Å². The molecule has 55 valence electrons. The molecule has 10 heavy (non-hydrogen) atoms. The molecule has 3 nitrogen and oxygen atoms in total. The van der Waals surface area contributed by atoms with Crippen molar-refractivity contribution in [2.45, 2.75) is 26.2 Å². The van der Waals surface area contributed by atoms with Crippen molar-refractivity contribution in [1.82, 2.24) is 14.8 Å². The Morgan fingerprint density at radius 1 is 1.50 bits per heavy atom. The molecule has 1 heterocycles. The highest BCUT2D eigenvalue weighted by molar-refractivity contribution is 4.98. The molecule has 0 aliphatic rings. The molecule has 0 spiro atoms. The third-order valence-electron chi connectivity index (χ3n) is 1.21. The van der Waals surface area contributed by atoms with E-state index in [1.807, 2.05) is 0 Å². The molecule has 0 atom stereocenters. The average molecular weight is 138 g/mol. The normalized spacial score (nSPS) is 12.0. The van der Waals surface area contributed by atoms with Gasteiger partial charge in [-0.05, 0) is 0 Å². The largest absolute Gasteiger partial charge is 0.251 e. The van der Waals surface area contributed by atoms with Gasteiger partial charge < -0.3 is 0 Å². The average Bonchev–Trinajstić information content (AvgIpc) is 2.11. The van der Waals surface area contributed by atoms with Gasteiger partial charge >= 0.3 is 0 Å². The summed E-state index contributed by atoms with van der Waals surface area (Å²) in [6, 6.07) is 0. The molecule has 0 amide bonds. The lowest BCUT2D eigenvalue weighted by Gasteiger charge is -2.11. The van der Waals surface area contributed by atoms with Crippen LogP contribution in [0.3, 0.4) is 0 Å². The van der Waals surface area contributed by atoms with Crippen molar-refractivity contribution >= 4 is 0 Å². The quantitative estimate of drug-likeness (QED) is 0.539. The first-order valence-electron chi connectivity index (χ1n) is 3.23. The van der Waals surface area contributed by atoms with Gasteiger partial charge in [-0.3, -0.25) is 4.68 Å². The third-order valence-corrected chi connectivity index (χ3v) is 1.21. The first-order valence-corrected chi connectivity index (χ1v) is 3.23. The Balaban J connectivity index is 2.96. The Kier molecular flexibility index (Phi) is 1.50. The topological polar surface area (TPSA) is 30.7 Å². The van der Waals surface area contributed by atoms with Gasteiger partial charge in [0.25, 0.3) is 0 Å². The lowest BCUT2D eigenvalue weighted by molar-refractivity contribution is 0.543. The second-order valence-corrected chi connectivity index (χ2v) is 3.36. The van der Waals surface area contributed by atoms with Crippen LogP contribution in [0.25, 0.3) is 0 Å². The molecule has 1 aromatic rings. The highest BCUT2D eigenvalue weighted by Gasteiger charge is 2.17. The van der Waals surface area contributed by atoms with E-state index in [-0.39, 0.29) is 5.41 Å². The van der Waals surface area contributed by atoms with Crippen LogP contribution < -0.4 is 0 Å². The Morgan fingerprint density at radius 2 is 2.10 bits per heavy atom. The summed E-state index contributed by atoms with van der Waals surface area (Å²) in [6.07, 6.45) is 1.61. The Labute approximate surface area is 61.1 Å². The van der Waals surface area contributed by atoms with E-state index in [9.17, 15) is 0 Å². The Morgan fingerprint density at radius 3 is 2.30 bits per heavy atom. The Hall–Kier alpha value is -0.860. The van der Waals surface area contributed by atoms with Gasteiger partial charge in [0.15, 0.2) is 5.82 Å². The lowest BCUT2D eigenvalue weighted by Crippen LogP contribution is -2.13. The zero-order valence-electron chi connectivity index (χ0n) is 6.63. The number of hydrogen-bond donors (Lipinski definition) is 0. The fraction of sp³-hybridized carbons (Fsp3) is 0.571. The Bertz CT molecular complexity index is 219. The zero-order chi connectivity index (χ0) is 7.78. The minimum absolute atomic E-state index is 0.0307. The van der Waals surface area contributed by atoms with Crippen molar-refractivity contribution in [2.24, 2.45) is 0 Å². The molecule has 0 aliphatic carbocycles. The number of rotatable bonds is 0. The van der Waals surface area contributed by atoms with E-state index in [0.29, 0.717) is 0 Å². The summed E-state index contributed by atoms with van der Waals surface area (Å²) < 4.78 is 1.47. The SMILES string of the molecule is [CH2]n1cnc(C(C)(C)C)n1. The van der Waals surface area contributed by atoms with Gasteiger partial charge in [0.1, 0.15) is 6.33 Å². The molecule has 1 aromatic heterocycles. The van der Waals surface area contributed by atoms with Gasteiger partial charge in [-0.15, -0.1) is 0 Å². The van der Waals surface area contributed by atoms with Crippen LogP contribution in [0.4, 0.5) is 0 Å². The fourth-order valence-corrected chi connectivity index (χ4v) is 0.638. The first-order chi connectivity index (χ1) is 4.50. The molecule has 0 bridgehead atoms. The summed E-state index contributed by atoms with van der Waals surface area (Å²) in [5.41, 5.74) is 0.0307. The second-order valence-electron chi connectivity index (χ2n) is 3.36. The third kappa shape index (κ3) is 1.35. The van der Waals surface area contributed by atoms with Crippen LogP contribution in [0.1, 0.15) is 26.6 Å². The standard InChI is InChI=1S/C7H12N3/c1-7(2,3)6-8-5-10(4)9-6/h5H,4H2,1-3H3. The number of aromatic nitrogens is 3. The van der Waals surface area contributed by atoms with Gasteiger partial charge in [0.05, 0.1) is 7.05 Å². The van der Waals surface area contributed by atoms with E-state index in [0.717, 1.165) is 5.82 Å². The van der Waals surface area contributed by atoms with Crippen molar-refractivity contribution < 1.29 is 0 Å². The van der Waals surface area contributed by atoms with Gasteiger partial charge in [-0.25, -0.2) is 4.98 Å². The van der Waals surface area contributed by atoms with Crippen molar-refractivity contribution in [3.63, 3.8) is 0 Å². The van der Waals surface area contributed by atoms with Crippen LogP contribution in [-0.2, 0) is 5.41 Å². The van der Waals surface area contributed by atoms with Crippen LogP contribution in [0.5, 0.6) is 0 Å². The predicted octanol–water partition coefficient (Wildman–Crippen LogP) is 1.22. The fourth-order valence-electron chi connectivity index (χ4n) is 0.638. The van der Waals surface area contributed by atoms with E-state index in [2.05, 4.69) is 37.9 Å². The monoisotopic (exact) mass is 138 g/mol. The lowest BCUT2D eigenvalue weighted by atomic mass is 9.96. The minimum atomic E-state index is 0.0307. The van der Waals surface area contributed by atoms with Gasteiger partial charge in [-0.1, -0.05) is 20.8 Å². The van der Waals surface area contributed by atoms with Crippen molar-refractivity contribution in [1.29, 1.82) is 0 Å². The molecule has 0 saturated carbocycles. The minimum Gasteiger partial charge on any atom is -0.251 e. The molecule has 0 saturated heterocycles. The maximum Gasteiger partial charge on any atom is 0.155 e. The first kappa shape index (κ1) is 7.25. The highest BCUT2D eigenvalue weighted by atomic mass is 15.3. The van der Waals surface area contributed by atoms with Crippen molar-refractivity contribution in [2.75, 3.05) is 0 Å². The molecule has 3 heteroatoms. The van der Waals surface area contributed by atoms with E-state index in [1.165, 1.54) is 4.68 Å². The molecule has 0 aromatic carbocycles. The van der Waals surface area contributed by atoms with Crippen molar-refractivity contribution in [3.05, 3.63) is 19.2 Å². The summed E-state index contributed by atoms with van der Waals surface area (Å²) in [6.45, 7) is 6.22. The maximum absolute atomic E-state index is 4.08. The summed E-state index contributed by atoms with van der Waals surface area (Å²) in [7, 11) is 3.60. The molecular formula is C7H12N3. The van der Waals surface area contributed by atoms with Gasteiger partial charge in [-0.2, -0.15) is 5.10 Å². The predicted molar refractivity (Wildman–Crippen MR) is 39.5 cm³/mol. The molecular weight excluding hydrogens is 126 g/mol. The van der Waals surface area contributed by atoms with E-state index < -0.39 is 0 Å². The van der Waals surface area contributed by atoms with E-state index in [1.54, 1.807) is 6.33 Å². The van der Waals surface area contributed by atoms with Crippen LogP contribution in [0.2, 0.25) is 0 Å². The molecule has 0 aliphatic heterocycles. The van der Waals surface area contributed by atoms with Gasteiger partial charge in [0, 0.05) is 5.41 Å². The summed E-state index contributed by atoms with van der Waals surface area (Å²) in [4.78, 5) is 4.08. The van der Waals surface area contributed by atoms with Crippen LogP contribution in [0, 0.1) is 7.05 Å². The smallest absolute Gasteiger partial charge is 0.155 e. The second kappa shape index (κ2) is 2.08. The maximum atomic E-state index is 4.08. The number of nitrogens with zero attached hydrogens (tertiary/aromatic N) is 3. The molecule has 0 fully saturated rings. The van der Waals surface area contributed by atoms with Crippen molar-refractivity contribution in [3.8, 4) is 0 Å². The highest BCUT2D eigenvalue weighted by Crippen LogP contribution is 2.16. The van der Waals surface area contributed by atoms with E-state index in [4.69, 9.17) is 0 Å². The van der Waals surface area contributed by atoms with Crippen LogP contribution in [-0.4, -0.2) is 14.8 Å². The molecule has 0 N–H and O–H groups in total. The number of hydrogen-bond acceptors (Lipinski definition) is 2. The van der Waals surface area contributed by atoms with E-state index >= 15 is 0 Å².